The Morgan fingerprint density at radius 1 is 1.25 bits per heavy atom. The van der Waals surface area contributed by atoms with Crippen LogP contribution in [0.1, 0.15) is 35.7 Å². The fourth-order valence-electron chi connectivity index (χ4n) is 1.94. The van der Waals surface area contributed by atoms with Gasteiger partial charge in [-0.3, -0.25) is 4.79 Å². The van der Waals surface area contributed by atoms with Crippen molar-refractivity contribution in [1.82, 2.24) is 9.78 Å². The van der Waals surface area contributed by atoms with Crippen molar-refractivity contribution in [2.24, 2.45) is 7.05 Å². The second-order valence-electron chi connectivity index (χ2n) is 4.95. The summed E-state index contributed by atoms with van der Waals surface area (Å²) in [6.07, 6.45) is 0. The second kappa shape index (κ2) is 5.28. The highest BCUT2D eigenvalue weighted by Crippen LogP contribution is 2.21. The quantitative estimate of drug-likeness (QED) is 0.930. The SMILES string of the molecule is CC(C)c1ccc(-c2cc(C(=O)O)c(=O)n(C)n2)cc1. The van der Waals surface area contributed by atoms with E-state index in [0.29, 0.717) is 11.6 Å². The van der Waals surface area contributed by atoms with Crippen molar-refractivity contribution in [3.05, 3.63) is 51.8 Å². The zero-order chi connectivity index (χ0) is 14.9. The molecule has 2 aromatic rings. The van der Waals surface area contributed by atoms with Crippen LogP contribution in [0.2, 0.25) is 0 Å². The van der Waals surface area contributed by atoms with E-state index in [-0.39, 0.29) is 5.56 Å². The van der Waals surface area contributed by atoms with Crippen molar-refractivity contribution in [1.29, 1.82) is 0 Å². The number of aromatic nitrogens is 2. The molecular formula is C15H16N2O3. The van der Waals surface area contributed by atoms with Crippen LogP contribution in [0.3, 0.4) is 0 Å². The number of aromatic carboxylic acids is 1. The number of carboxylic acids is 1. The summed E-state index contributed by atoms with van der Waals surface area (Å²) < 4.78 is 1.05. The predicted octanol–water partition coefficient (Wildman–Crippen LogP) is 2.27. The van der Waals surface area contributed by atoms with E-state index < -0.39 is 11.5 Å². The van der Waals surface area contributed by atoms with Crippen LogP contribution in [0.5, 0.6) is 0 Å². The molecule has 0 unspecified atom stereocenters. The molecule has 0 aliphatic heterocycles. The molecule has 0 spiro atoms. The molecule has 0 aliphatic rings. The Labute approximate surface area is 116 Å². The molecule has 104 valence electrons. The average molecular weight is 272 g/mol. The lowest BCUT2D eigenvalue weighted by atomic mass is 10.0. The molecule has 0 fully saturated rings. The number of aryl methyl sites for hydroxylation is 1. The Hall–Kier alpha value is -2.43. The number of benzene rings is 1. The lowest BCUT2D eigenvalue weighted by molar-refractivity contribution is 0.0694. The van der Waals surface area contributed by atoms with E-state index in [1.807, 2.05) is 24.3 Å². The summed E-state index contributed by atoms with van der Waals surface area (Å²) in [5, 5.41) is 13.1. The minimum atomic E-state index is -1.24. The van der Waals surface area contributed by atoms with E-state index in [9.17, 15) is 9.59 Å². The maximum atomic E-state index is 11.7. The zero-order valence-electron chi connectivity index (χ0n) is 11.6. The van der Waals surface area contributed by atoms with Gasteiger partial charge in [0.2, 0.25) is 0 Å². The first-order chi connectivity index (χ1) is 9.40. The zero-order valence-corrected chi connectivity index (χ0v) is 11.6. The van der Waals surface area contributed by atoms with Crippen molar-refractivity contribution in [2.75, 3.05) is 0 Å². The van der Waals surface area contributed by atoms with Gasteiger partial charge in [0.1, 0.15) is 5.56 Å². The monoisotopic (exact) mass is 272 g/mol. The first-order valence-electron chi connectivity index (χ1n) is 6.32. The van der Waals surface area contributed by atoms with Crippen molar-refractivity contribution in [2.45, 2.75) is 19.8 Å². The van der Waals surface area contributed by atoms with Gasteiger partial charge in [-0.2, -0.15) is 5.10 Å². The molecule has 1 N–H and O–H groups in total. The topological polar surface area (TPSA) is 72.2 Å². The highest BCUT2D eigenvalue weighted by molar-refractivity contribution is 5.88. The summed E-state index contributed by atoms with van der Waals surface area (Å²) in [6, 6.07) is 9.04. The fraction of sp³-hybridized carbons (Fsp3) is 0.267. The fourth-order valence-corrected chi connectivity index (χ4v) is 1.94. The van der Waals surface area contributed by atoms with Crippen LogP contribution in [0.25, 0.3) is 11.3 Å². The number of hydrogen-bond acceptors (Lipinski definition) is 3. The van der Waals surface area contributed by atoms with Gasteiger partial charge in [0.05, 0.1) is 5.69 Å². The third-order valence-corrected chi connectivity index (χ3v) is 3.17. The molecule has 1 aromatic carbocycles. The Bertz CT molecular complexity index is 700. The lowest BCUT2D eigenvalue weighted by Crippen LogP contribution is -2.26. The normalized spacial score (nSPS) is 10.8. The molecule has 0 bridgehead atoms. The lowest BCUT2D eigenvalue weighted by Gasteiger charge is -2.08. The molecule has 1 heterocycles. The van der Waals surface area contributed by atoms with E-state index in [0.717, 1.165) is 10.2 Å². The van der Waals surface area contributed by atoms with E-state index in [2.05, 4.69) is 18.9 Å². The Kier molecular flexibility index (Phi) is 3.70. The smallest absolute Gasteiger partial charge is 0.341 e. The van der Waals surface area contributed by atoms with Gasteiger partial charge >= 0.3 is 5.97 Å². The standard InChI is InChI=1S/C15H16N2O3/c1-9(2)10-4-6-11(7-5-10)13-8-12(15(19)20)14(18)17(3)16-13/h4-9H,1-3H3,(H,19,20). The highest BCUT2D eigenvalue weighted by atomic mass is 16.4. The molecule has 0 radical (unpaired) electrons. The molecule has 1 aromatic heterocycles. The average Bonchev–Trinajstić information content (AvgIpc) is 2.41. The van der Waals surface area contributed by atoms with E-state index in [4.69, 9.17) is 5.11 Å². The van der Waals surface area contributed by atoms with Gasteiger partial charge in [0.25, 0.3) is 5.56 Å². The summed E-state index contributed by atoms with van der Waals surface area (Å²) in [5.41, 5.74) is 1.56. The first kappa shape index (κ1) is 14.0. The summed E-state index contributed by atoms with van der Waals surface area (Å²) in [6.45, 7) is 4.20. The maximum absolute atomic E-state index is 11.7. The maximum Gasteiger partial charge on any atom is 0.341 e. The van der Waals surface area contributed by atoms with Crippen molar-refractivity contribution >= 4 is 5.97 Å². The third-order valence-electron chi connectivity index (χ3n) is 3.17. The molecule has 0 aliphatic carbocycles. The van der Waals surface area contributed by atoms with Gasteiger partial charge in [-0.05, 0) is 17.5 Å². The van der Waals surface area contributed by atoms with Crippen LogP contribution < -0.4 is 5.56 Å². The van der Waals surface area contributed by atoms with Crippen LogP contribution in [0, 0.1) is 0 Å². The van der Waals surface area contributed by atoms with Gasteiger partial charge in [-0.15, -0.1) is 0 Å². The van der Waals surface area contributed by atoms with Crippen molar-refractivity contribution < 1.29 is 9.90 Å². The van der Waals surface area contributed by atoms with Crippen molar-refractivity contribution in [3.8, 4) is 11.3 Å². The second-order valence-corrected chi connectivity index (χ2v) is 4.95. The highest BCUT2D eigenvalue weighted by Gasteiger charge is 2.13. The van der Waals surface area contributed by atoms with Crippen LogP contribution in [-0.4, -0.2) is 20.9 Å². The molecule has 5 nitrogen and oxygen atoms in total. The molecule has 2 rings (SSSR count). The number of nitrogens with zero attached hydrogens (tertiary/aromatic N) is 2. The Morgan fingerprint density at radius 2 is 1.85 bits per heavy atom. The number of rotatable bonds is 3. The third kappa shape index (κ3) is 2.61. The molecule has 0 saturated heterocycles. The number of carbonyl (C=O) groups is 1. The Balaban J connectivity index is 2.53. The summed E-state index contributed by atoms with van der Waals surface area (Å²) in [7, 11) is 1.45. The summed E-state index contributed by atoms with van der Waals surface area (Å²) >= 11 is 0. The minimum Gasteiger partial charge on any atom is -0.477 e. The Morgan fingerprint density at radius 3 is 2.35 bits per heavy atom. The molecule has 0 amide bonds. The van der Waals surface area contributed by atoms with E-state index in [1.54, 1.807) is 0 Å². The largest absolute Gasteiger partial charge is 0.477 e. The molecule has 5 heteroatoms. The molecule has 0 saturated carbocycles. The number of carboxylic acid groups (broad SMARTS) is 1. The van der Waals surface area contributed by atoms with Gasteiger partial charge < -0.3 is 5.11 Å². The van der Waals surface area contributed by atoms with Crippen molar-refractivity contribution in [3.63, 3.8) is 0 Å². The number of hydrogen-bond donors (Lipinski definition) is 1. The molecule has 0 atom stereocenters. The van der Waals surface area contributed by atoms with Crippen LogP contribution in [0.15, 0.2) is 35.1 Å². The summed E-state index contributed by atoms with van der Waals surface area (Å²) in [5.74, 6) is -0.820. The molecular weight excluding hydrogens is 256 g/mol. The van der Waals surface area contributed by atoms with Gasteiger partial charge in [-0.25, -0.2) is 9.48 Å². The van der Waals surface area contributed by atoms with Gasteiger partial charge in [-0.1, -0.05) is 38.1 Å². The first-order valence-corrected chi connectivity index (χ1v) is 6.32. The predicted molar refractivity (Wildman–Crippen MR) is 76.0 cm³/mol. The van der Waals surface area contributed by atoms with Gasteiger partial charge in [0, 0.05) is 12.6 Å². The van der Waals surface area contributed by atoms with Crippen LogP contribution in [-0.2, 0) is 7.05 Å². The summed E-state index contributed by atoms with van der Waals surface area (Å²) in [4.78, 5) is 22.7. The van der Waals surface area contributed by atoms with E-state index >= 15 is 0 Å². The molecule has 20 heavy (non-hydrogen) atoms. The van der Waals surface area contributed by atoms with Gasteiger partial charge in [0.15, 0.2) is 0 Å². The van der Waals surface area contributed by atoms with Crippen LogP contribution >= 0.6 is 0 Å². The van der Waals surface area contributed by atoms with Crippen LogP contribution in [0.4, 0.5) is 0 Å². The minimum absolute atomic E-state index is 0.273. The van der Waals surface area contributed by atoms with E-state index in [1.165, 1.54) is 18.7 Å².